The fraction of sp³-hybridized carbons (Fsp3) is 0.944. The van der Waals surface area contributed by atoms with Crippen LogP contribution >= 0.6 is 24.0 Å². The molecule has 0 aromatic carbocycles. The summed E-state index contributed by atoms with van der Waals surface area (Å²) in [6.45, 7) is 15.9. The van der Waals surface area contributed by atoms with Gasteiger partial charge in [-0.05, 0) is 25.3 Å². The second kappa shape index (κ2) is 15.0. The molecule has 0 radical (unpaired) electrons. The average Bonchev–Trinajstić information content (AvgIpc) is 2.55. The van der Waals surface area contributed by atoms with Crippen LogP contribution in [0.5, 0.6) is 0 Å². The van der Waals surface area contributed by atoms with Gasteiger partial charge in [0.1, 0.15) is 0 Å². The number of likely N-dealkylation sites (N-methyl/N-ethyl adjacent to an activating group) is 1. The van der Waals surface area contributed by atoms with Gasteiger partial charge in [-0.25, -0.2) is 0 Å². The van der Waals surface area contributed by atoms with Gasteiger partial charge >= 0.3 is 0 Å². The summed E-state index contributed by atoms with van der Waals surface area (Å²) >= 11 is 0. The molecule has 0 saturated carbocycles. The molecule has 150 valence electrons. The van der Waals surface area contributed by atoms with Crippen molar-refractivity contribution in [3.8, 4) is 0 Å². The van der Waals surface area contributed by atoms with Crippen molar-refractivity contribution in [3.63, 3.8) is 0 Å². The summed E-state index contributed by atoms with van der Waals surface area (Å²) in [5.41, 5.74) is 0. The van der Waals surface area contributed by atoms with Gasteiger partial charge in [-0.15, -0.1) is 24.0 Å². The lowest BCUT2D eigenvalue weighted by Gasteiger charge is -2.34. The lowest BCUT2D eigenvalue weighted by Crippen LogP contribution is -2.47. The van der Waals surface area contributed by atoms with E-state index in [1.54, 1.807) is 0 Å². The zero-order valence-electron chi connectivity index (χ0n) is 16.9. The molecule has 1 heterocycles. The average molecular weight is 469 g/mol. The van der Waals surface area contributed by atoms with E-state index in [9.17, 15) is 0 Å². The largest absolute Gasteiger partial charge is 0.380 e. The van der Waals surface area contributed by atoms with Crippen molar-refractivity contribution in [1.82, 2.24) is 20.4 Å². The minimum absolute atomic E-state index is 0. The first-order valence-electron chi connectivity index (χ1n) is 9.44. The molecule has 0 bridgehead atoms. The first kappa shape index (κ1) is 24.9. The van der Waals surface area contributed by atoms with Crippen molar-refractivity contribution in [1.29, 1.82) is 0 Å². The number of piperazine rings is 1. The van der Waals surface area contributed by atoms with E-state index in [4.69, 9.17) is 4.74 Å². The zero-order chi connectivity index (χ0) is 17.8. The molecular weight excluding hydrogens is 429 g/mol. The number of aliphatic imine (C=N–C) groups is 1. The van der Waals surface area contributed by atoms with E-state index in [0.29, 0.717) is 11.8 Å². The lowest BCUT2D eigenvalue weighted by atomic mass is 10.1. The van der Waals surface area contributed by atoms with E-state index in [2.05, 4.69) is 53.2 Å². The van der Waals surface area contributed by atoms with Crippen LogP contribution in [0.4, 0.5) is 0 Å². The first-order chi connectivity index (χ1) is 11.5. The summed E-state index contributed by atoms with van der Waals surface area (Å²) in [7, 11) is 4.02. The van der Waals surface area contributed by atoms with Crippen LogP contribution in [0.3, 0.4) is 0 Å². The van der Waals surface area contributed by atoms with Gasteiger partial charge in [-0.2, -0.15) is 0 Å². The third kappa shape index (κ3) is 12.8. The fourth-order valence-electron chi connectivity index (χ4n) is 2.69. The molecule has 6 nitrogen and oxygen atoms in total. The Bertz CT molecular complexity index is 346. The molecule has 0 amide bonds. The molecule has 25 heavy (non-hydrogen) atoms. The number of rotatable bonds is 10. The van der Waals surface area contributed by atoms with Crippen molar-refractivity contribution in [2.75, 3.05) is 73.1 Å². The highest BCUT2D eigenvalue weighted by molar-refractivity contribution is 14.0. The number of guanidine groups is 1. The normalized spacial score (nSPS) is 18.1. The monoisotopic (exact) mass is 469 g/mol. The quantitative estimate of drug-likeness (QED) is 0.221. The summed E-state index contributed by atoms with van der Waals surface area (Å²) < 4.78 is 5.62. The summed E-state index contributed by atoms with van der Waals surface area (Å²) in [4.78, 5) is 9.24. The molecular formula is C18H40IN5O. The van der Waals surface area contributed by atoms with Crippen LogP contribution in [0.2, 0.25) is 0 Å². The number of hydrogen-bond acceptors (Lipinski definition) is 4. The van der Waals surface area contributed by atoms with Crippen LogP contribution in [-0.2, 0) is 4.74 Å². The van der Waals surface area contributed by atoms with Gasteiger partial charge in [-0.3, -0.25) is 4.99 Å². The molecule has 1 saturated heterocycles. The van der Waals surface area contributed by atoms with Gasteiger partial charge in [-0.1, -0.05) is 20.8 Å². The summed E-state index contributed by atoms with van der Waals surface area (Å²) in [6.07, 6.45) is 1.12. The van der Waals surface area contributed by atoms with Gasteiger partial charge < -0.3 is 25.2 Å². The first-order valence-corrected chi connectivity index (χ1v) is 9.44. The van der Waals surface area contributed by atoms with E-state index in [1.807, 2.05) is 7.05 Å². The van der Waals surface area contributed by atoms with E-state index in [-0.39, 0.29) is 24.0 Å². The number of halogens is 1. The third-order valence-corrected chi connectivity index (χ3v) is 4.39. The Morgan fingerprint density at radius 1 is 1.08 bits per heavy atom. The molecule has 1 rings (SSSR count). The fourth-order valence-corrected chi connectivity index (χ4v) is 2.69. The summed E-state index contributed by atoms with van der Waals surface area (Å²) in [5.74, 6) is 2.18. The maximum atomic E-state index is 5.62. The van der Waals surface area contributed by atoms with Crippen LogP contribution < -0.4 is 10.6 Å². The van der Waals surface area contributed by atoms with Crippen LogP contribution in [0, 0.1) is 11.8 Å². The van der Waals surface area contributed by atoms with E-state index in [0.717, 1.165) is 45.2 Å². The summed E-state index contributed by atoms with van der Waals surface area (Å²) in [5, 5.41) is 6.74. The predicted molar refractivity (Wildman–Crippen MR) is 118 cm³/mol. The molecule has 0 aromatic heterocycles. The number of ether oxygens (including phenoxy) is 1. The molecule has 1 unspecified atom stereocenters. The molecule has 7 heteroatoms. The van der Waals surface area contributed by atoms with E-state index in [1.165, 1.54) is 26.2 Å². The smallest absolute Gasteiger partial charge is 0.191 e. The summed E-state index contributed by atoms with van der Waals surface area (Å²) in [6, 6.07) is 0. The maximum Gasteiger partial charge on any atom is 0.191 e. The minimum atomic E-state index is 0. The third-order valence-electron chi connectivity index (χ3n) is 4.39. The number of nitrogens with zero attached hydrogens (tertiary/aromatic N) is 3. The standard InChI is InChI=1S/C18H39N5O.HI/c1-16(2)6-12-24-13-7-20-18(19-4)21-14-17(3)15-23-10-8-22(5)9-11-23;/h16-17H,6-15H2,1-5H3,(H2,19,20,21);1H. The van der Waals surface area contributed by atoms with Crippen LogP contribution in [0.25, 0.3) is 0 Å². The SMILES string of the molecule is CN=C(NCCOCCC(C)C)NCC(C)CN1CCN(C)CC1.I. The molecule has 1 fully saturated rings. The number of hydrogen-bond donors (Lipinski definition) is 2. The van der Waals surface area contributed by atoms with Crippen LogP contribution in [-0.4, -0.2) is 88.9 Å². The van der Waals surface area contributed by atoms with Crippen molar-refractivity contribution in [2.45, 2.75) is 27.2 Å². The van der Waals surface area contributed by atoms with Gasteiger partial charge in [0.2, 0.25) is 0 Å². The molecule has 1 aliphatic heterocycles. The highest BCUT2D eigenvalue weighted by atomic mass is 127. The highest BCUT2D eigenvalue weighted by Gasteiger charge is 2.16. The van der Waals surface area contributed by atoms with Crippen molar-refractivity contribution in [2.24, 2.45) is 16.8 Å². The van der Waals surface area contributed by atoms with Gasteiger partial charge in [0.15, 0.2) is 5.96 Å². The Hall–Kier alpha value is -0.120. The van der Waals surface area contributed by atoms with Crippen LogP contribution in [0.1, 0.15) is 27.2 Å². The molecule has 0 aromatic rings. The molecule has 1 aliphatic rings. The Morgan fingerprint density at radius 2 is 1.76 bits per heavy atom. The maximum absolute atomic E-state index is 5.62. The Morgan fingerprint density at radius 3 is 2.36 bits per heavy atom. The van der Waals surface area contributed by atoms with Crippen LogP contribution in [0.15, 0.2) is 4.99 Å². The Balaban J connectivity index is 0.00000576. The zero-order valence-corrected chi connectivity index (χ0v) is 19.2. The Labute approximate surface area is 172 Å². The van der Waals surface area contributed by atoms with Gasteiger partial charge in [0.05, 0.1) is 6.61 Å². The van der Waals surface area contributed by atoms with Crippen molar-refractivity contribution < 1.29 is 4.74 Å². The topological polar surface area (TPSA) is 52.1 Å². The Kier molecular flexibility index (Phi) is 14.9. The molecule has 0 aliphatic carbocycles. The molecule has 2 N–H and O–H groups in total. The second-order valence-electron chi connectivity index (χ2n) is 7.38. The lowest BCUT2D eigenvalue weighted by molar-refractivity contribution is 0.128. The predicted octanol–water partition coefficient (Wildman–Crippen LogP) is 1.72. The van der Waals surface area contributed by atoms with E-state index < -0.39 is 0 Å². The second-order valence-corrected chi connectivity index (χ2v) is 7.38. The van der Waals surface area contributed by atoms with Gasteiger partial charge in [0, 0.05) is 59.5 Å². The van der Waals surface area contributed by atoms with Crippen molar-refractivity contribution >= 4 is 29.9 Å². The highest BCUT2D eigenvalue weighted by Crippen LogP contribution is 2.03. The molecule has 0 spiro atoms. The number of nitrogens with one attached hydrogen (secondary N) is 2. The molecule has 1 atom stereocenters. The minimum Gasteiger partial charge on any atom is -0.380 e. The van der Waals surface area contributed by atoms with Gasteiger partial charge in [0.25, 0.3) is 0 Å². The van der Waals surface area contributed by atoms with E-state index >= 15 is 0 Å². The van der Waals surface area contributed by atoms with Crippen molar-refractivity contribution in [3.05, 3.63) is 0 Å².